The molecule has 1 unspecified atom stereocenters. The van der Waals surface area contributed by atoms with E-state index in [0.717, 1.165) is 23.2 Å². The number of fused-ring (bicyclic) bond motifs is 1. The highest BCUT2D eigenvalue weighted by molar-refractivity contribution is 9.10. The maximum Gasteiger partial charge on any atom is 0.0458 e. The quantitative estimate of drug-likeness (QED) is 0.835. The van der Waals surface area contributed by atoms with Crippen molar-refractivity contribution in [2.75, 3.05) is 17.2 Å². The lowest BCUT2D eigenvalue weighted by atomic mass is 9.93. The molecule has 2 aromatic rings. The maximum absolute atomic E-state index is 5.86. The molecule has 0 spiro atoms. The van der Waals surface area contributed by atoms with Gasteiger partial charge in [-0.2, -0.15) is 0 Å². The predicted octanol–water partition coefficient (Wildman–Crippen LogP) is 4.23. The van der Waals surface area contributed by atoms with E-state index in [1.54, 1.807) is 0 Å². The van der Waals surface area contributed by atoms with Gasteiger partial charge in [0.25, 0.3) is 0 Å². The van der Waals surface area contributed by atoms with Gasteiger partial charge in [-0.05, 0) is 57.6 Å². The van der Waals surface area contributed by atoms with E-state index in [4.69, 9.17) is 5.73 Å². The Bertz CT molecular complexity index is 624. The van der Waals surface area contributed by atoms with Crippen LogP contribution in [0.15, 0.2) is 46.9 Å². The number of nitrogen functional groups attached to an aromatic ring is 1. The summed E-state index contributed by atoms with van der Waals surface area (Å²) in [6, 6.07) is 14.9. The predicted molar refractivity (Wildman–Crippen MR) is 88.9 cm³/mol. The Labute approximate surface area is 128 Å². The largest absolute Gasteiger partial charge is 0.398 e. The van der Waals surface area contributed by atoms with Gasteiger partial charge in [-0.3, -0.25) is 0 Å². The number of para-hydroxylation sites is 1. The molecule has 0 saturated carbocycles. The van der Waals surface area contributed by atoms with Gasteiger partial charge in [0.1, 0.15) is 0 Å². The number of nitrogens with two attached hydrogens (primary N) is 1. The molecule has 1 heterocycles. The van der Waals surface area contributed by atoms with E-state index in [1.165, 1.54) is 23.2 Å². The second-order valence-corrected chi connectivity index (χ2v) is 6.53. The standard InChI is InChI=1S/C17H19BrN2/c1-12-8-14-4-2-3-5-17(14)20(10-12)11-13-6-7-16(19)15(18)9-13/h2-7,9,12H,8,10-11,19H2,1H3. The summed E-state index contributed by atoms with van der Waals surface area (Å²) in [5, 5.41) is 0. The molecule has 0 aliphatic carbocycles. The lowest BCUT2D eigenvalue weighted by molar-refractivity contribution is 0.530. The Morgan fingerprint density at radius 2 is 2.05 bits per heavy atom. The Kier molecular flexibility index (Phi) is 3.70. The molecule has 1 atom stereocenters. The van der Waals surface area contributed by atoms with E-state index in [1.807, 2.05) is 6.07 Å². The minimum atomic E-state index is 0.696. The summed E-state index contributed by atoms with van der Waals surface area (Å²) in [5.74, 6) is 0.696. The van der Waals surface area contributed by atoms with Crippen LogP contribution in [0.2, 0.25) is 0 Å². The number of hydrogen-bond donors (Lipinski definition) is 1. The van der Waals surface area contributed by atoms with Crippen LogP contribution in [0.1, 0.15) is 18.1 Å². The number of rotatable bonds is 2. The normalized spacial score (nSPS) is 17.9. The molecule has 0 amide bonds. The van der Waals surface area contributed by atoms with Crippen LogP contribution in [-0.2, 0) is 13.0 Å². The van der Waals surface area contributed by atoms with Crippen molar-refractivity contribution in [2.24, 2.45) is 5.92 Å². The van der Waals surface area contributed by atoms with Crippen molar-refractivity contribution in [1.29, 1.82) is 0 Å². The summed E-state index contributed by atoms with van der Waals surface area (Å²) >= 11 is 3.51. The van der Waals surface area contributed by atoms with Gasteiger partial charge in [-0.25, -0.2) is 0 Å². The molecule has 104 valence electrons. The molecule has 2 N–H and O–H groups in total. The summed E-state index contributed by atoms with van der Waals surface area (Å²) < 4.78 is 0.980. The highest BCUT2D eigenvalue weighted by Gasteiger charge is 2.21. The zero-order valence-electron chi connectivity index (χ0n) is 11.6. The van der Waals surface area contributed by atoms with E-state index in [-0.39, 0.29) is 0 Å². The van der Waals surface area contributed by atoms with Crippen LogP contribution in [-0.4, -0.2) is 6.54 Å². The zero-order valence-corrected chi connectivity index (χ0v) is 13.2. The molecule has 1 aliphatic rings. The second-order valence-electron chi connectivity index (χ2n) is 5.67. The van der Waals surface area contributed by atoms with Gasteiger partial charge in [-0.1, -0.05) is 31.2 Å². The fourth-order valence-electron chi connectivity index (χ4n) is 2.95. The van der Waals surface area contributed by atoms with Crippen LogP contribution >= 0.6 is 15.9 Å². The molecule has 3 heteroatoms. The molecule has 2 nitrogen and oxygen atoms in total. The molecular weight excluding hydrogens is 312 g/mol. The van der Waals surface area contributed by atoms with E-state index < -0.39 is 0 Å². The smallest absolute Gasteiger partial charge is 0.0458 e. The Morgan fingerprint density at radius 1 is 1.25 bits per heavy atom. The zero-order chi connectivity index (χ0) is 14.1. The van der Waals surface area contributed by atoms with Crippen LogP contribution in [0.25, 0.3) is 0 Å². The number of halogens is 1. The minimum Gasteiger partial charge on any atom is -0.398 e. The highest BCUT2D eigenvalue weighted by Crippen LogP contribution is 2.31. The Balaban J connectivity index is 1.89. The molecule has 1 aliphatic heterocycles. The van der Waals surface area contributed by atoms with Gasteiger partial charge in [0, 0.05) is 28.9 Å². The SMILES string of the molecule is CC1Cc2ccccc2N(Cc2ccc(N)c(Br)c2)C1. The first-order valence-corrected chi connectivity index (χ1v) is 7.79. The molecule has 3 rings (SSSR count). The monoisotopic (exact) mass is 330 g/mol. The van der Waals surface area contributed by atoms with Crippen molar-refractivity contribution < 1.29 is 0 Å². The summed E-state index contributed by atoms with van der Waals surface area (Å²) in [7, 11) is 0. The second kappa shape index (κ2) is 5.49. The maximum atomic E-state index is 5.86. The molecule has 20 heavy (non-hydrogen) atoms. The van der Waals surface area contributed by atoms with Gasteiger partial charge < -0.3 is 10.6 Å². The van der Waals surface area contributed by atoms with Gasteiger partial charge in [-0.15, -0.1) is 0 Å². The third kappa shape index (κ3) is 2.68. The summed E-state index contributed by atoms with van der Waals surface area (Å²) in [4.78, 5) is 2.47. The van der Waals surface area contributed by atoms with E-state index >= 15 is 0 Å². The van der Waals surface area contributed by atoms with Gasteiger partial charge in [0.2, 0.25) is 0 Å². The van der Waals surface area contributed by atoms with Crippen LogP contribution in [0.4, 0.5) is 11.4 Å². The summed E-state index contributed by atoms with van der Waals surface area (Å²) in [5.41, 5.74) is 10.8. The van der Waals surface area contributed by atoms with E-state index in [0.29, 0.717) is 5.92 Å². The Hall–Kier alpha value is -1.48. The average molecular weight is 331 g/mol. The fraction of sp³-hybridized carbons (Fsp3) is 0.294. The van der Waals surface area contributed by atoms with Crippen molar-refractivity contribution >= 4 is 27.3 Å². The average Bonchev–Trinajstić information content (AvgIpc) is 2.43. The van der Waals surface area contributed by atoms with Crippen molar-refractivity contribution in [3.05, 3.63) is 58.1 Å². The van der Waals surface area contributed by atoms with Crippen LogP contribution in [0.3, 0.4) is 0 Å². The lowest BCUT2D eigenvalue weighted by Crippen LogP contribution is -2.33. The van der Waals surface area contributed by atoms with Crippen molar-refractivity contribution in [1.82, 2.24) is 0 Å². The number of hydrogen-bond acceptors (Lipinski definition) is 2. The number of benzene rings is 2. The molecule has 0 bridgehead atoms. The van der Waals surface area contributed by atoms with Gasteiger partial charge in [0.15, 0.2) is 0 Å². The van der Waals surface area contributed by atoms with Gasteiger partial charge >= 0.3 is 0 Å². The van der Waals surface area contributed by atoms with E-state index in [2.05, 4.69) is 64.2 Å². The third-order valence-electron chi connectivity index (χ3n) is 3.87. The van der Waals surface area contributed by atoms with Crippen LogP contribution in [0.5, 0.6) is 0 Å². The first-order valence-electron chi connectivity index (χ1n) is 7.00. The summed E-state index contributed by atoms with van der Waals surface area (Å²) in [6.07, 6.45) is 1.18. The molecule has 0 radical (unpaired) electrons. The lowest BCUT2D eigenvalue weighted by Gasteiger charge is -2.35. The molecular formula is C17H19BrN2. The fourth-order valence-corrected chi connectivity index (χ4v) is 3.37. The molecule has 0 saturated heterocycles. The van der Waals surface area contributed by atoms with Crippen molar-refractivity contribution in [3.63, 3.8) is 0 Å². The van der Waals surface area contributed by atoms with Crippen molar-refractivity contribution in [3.8, 4) is 0 Å². The van der Waals surface area contributed by atoms with E-state index in [9.17, 15) is 0 Å². The molecule has 0 aromatic heterocycles. The molecule has 2 aromatic carbocycles. The topological polar surface area (TPSA) is 29.3 Å². The van der Waals surface area contributed by atoms with Crippen molar-refractivity contribution in [2.45, 2.75) is 19.9 Å². The third-order valence-corrected chi connectivity index (χ3v) is 4.56. The first kappa shape index (κ1) is 13.5. The van der Waals surface area contributed by atoms with Crippen LogP contribution < -0.4 is 10.6 Å². The van der Waals surface area contributed by atoms with Crippen LogP contribution in [0, 0.1) is 5.92 Å². The first-order chi connectivity index (χ1) is 9.63. The highest BCUT2D eigenvalue weighted by atomic mass is 79.9. The number of anilines is 2. The number of nitrogens with zero attached hydrogens (tertiary/aromatic N) is 1. The summed E-state index contributed by atoms with van der Waals surface area (Å²) in [6.45, 7) is 4.36. The Morgan fingerprint density at radius 3 is 2.85 bits per heavy atom. The molecule has 0 fully saturated rings. The minimum absolute atomic E-state index is 0.696. The van der Waals surface area contributed by atoms with Gasteiger partial charge in [0.05, 0.1) is 0 Å².